The molecule has 0 aliphatic rings. The van der Waals surface area contributed by atoms with Gasteiger partial charge in [0, 0.05) is 6.07 Å². The Morgan fingerprint density at radius 3 is 2.81 bits per heavy atom. The number of hydrogen-bond donors (Lipinski definition) is 2. The van der Waals surface area contributed by atoms with Gasteiger partial charge in [-0.1, -0.05) is 23.9 Å². The molecule has 5 nitrogen and oxygen atoms in total. The van der Waals surface area contributed by atoms with E-state index in [1.165, 1.54) is 23.9 Å². The lowest BCUT2D eigenvalue weighted by Gasteiger charge is -2.13. The number of hydrogen-bond acceptors (Lipinski definition) is 4. The molecule has 7 heteroatoms. The van der Waals surface area contributed by atoms with Crippen LogP contribution in [0.5, 0.6) is 5.75 Å². The van der Waals surface area contributed by atoms with E-state index in [1.54, 1.807) is 12.1 Å². The van der Waals surface area contributed by atoms with Crippen LogP contribution in [-0.2, 0) is 4.79 Å². The van der Waals surface area contributed by atoms with E-state index in [1.807, 2.05) is 32.0 Å². The van der Waals surface area contributed by atoms with Crippen LogP contribution in [-0.4, -0.2) is 28.2 Å². The number of benzene rings is 2. The highest BCUT2D eigenvalue weighted by Gasteiger charge is 2.12. The number of H-pyrrole nitrogens is 1. The normalized spacial score (nSPS) is 12.1. The van der Waals surface area contributed by atoms with Crippen molar-refractivity contribution in [3.05, 3.63) is 53.8 Å². The highest BCUT2D eigenvalue weighted by atomic mass is 32.2. The summed E-state index contributed by atoms with van der Waals surface area (Å²) in [6, 6.07) is 11.6. The van der Waals surface area contributed by atoms with Crippen LogP contribution < -0.4 is 10.1 Å². The van der Waals surface area contributed by atoms with Gasteiger partial charge in [-0.05, 0) is 43.7 Å². The molecule has 0 spiro atoms. The van der Waals surface area contributed by atoms with E-state index in [9.17, 15) is 9.18 Å². The van der Waals surface area contributed by atoms with E-state index in [0.717, 1.165) is 22.3 Å². The molecule has 1 amide bonds. The van der Waals surface area contributed by atoms with E-state index < -0.39 is 0 Å². The number of fused-ring (bicyclic) bond motifs is 1. The van der Waals surface area contributed by atoms with Gasteiger partial charge >= 0.3 is 0 Å². The van der Waals surface area contributed by atoms with Crippen LogP contribution in [0.2, 0.25) is 0 Å². The Labute approximate surface area is 155 Å². The number of amides is 1. The first-order valence-electron chi connectivity index (χ1n) is 8.35. The molecule has 0 unspecified atom stereocenters. The van der Waals surface area contributed by atoms with Gasteiger partial charge in [0.1, 0.15) is 11.6 Å². The van der Waals surface area contributed by atoms with Crippen LogP contribution >= 0.6 is 11.8 Å². The summed E-state index contributed by atoms with van der Waals surface area (Å²) in [7, 11) is 0. The molecule has 2 N–H and O–H groups in total. The topological polar surface area (TPSA) is 67.0 Å². The van der Waals surface area contributed by atoms with E-state index in [4.69, 9.17) is 4.74 Å². The third-order valence-electron chi connectivity index (χ3n) is 3.83. The minimum Gasteiger partial charge on any atom is -0.494 e. The Morgan fingerprint density at radius 2 is 2.08 bits per heavy atom. The number of nitrogens with zero attached hydrogens (tertiary/aromatic N) is 1. The SMILES string of the molecule is CCOc1ccc2nc(SCC(=O)N[C@H](C)c3ccc(F)cc3)[nH]c2c1. The smallest absolute Gasteiger partial charge is 0.230 e. The number of thioether (sulfide) groups is 1. The summed E-state index contributed by atoms with van der Waals surface area (Å²) in [6.45, 7) is 4.41. The molecule has 0 aliphatic heterocycles. The number of aromatic amines is 1. The van der Waals surface area contributed by atoms with Gasteiger partial charge < -0.3 is 15.0 Å². The number of carbonyl (C=O) groups is 1. The third kappa shape index (κ3) is 4.54. The fourth-order valence-corrected chi connectivity index (χ4v) is 3.24. The number of nitrogens with one attached hydrogen (secondary N) is 2. The largest absolute Gasteiger partial charge is 0.494 e. The third-order valence-corrected chi connectivity index (χ3v) is 4.70. The predicted octanol–water partition coefficient (Wildman–Crippen LogP) is 4.07. The van der Waals surface area contributed by atoms with Crippen molar-refractivity contribution in [1.29, 1.82) is 0 Å². The van der Waals surface area contributed by atoms with E-state index >= 15 is 0 Å². The molecule has 0 radical (unpaired) electrons. The quantitative estimate of drug-likeness (QED) is 0.613. The maximum Gasteiger partial charge on any atom is 0.230 e. The Balaban J connectivity index is 1.57. The first-order chi connectivity index (χ1) is 12.5. The van der Waals surface area contributed by atoms with Crippen molar-refractivity contribution in [3.8, 4) is 5.75 Å². The number of aromatic nitrogens is 2. The summed E-state index contributed by atoms with van der Waals surface area (Å²) in [6.07, 6.45) is 0. The summed E-state index contributed by atoms with van der Waals surface area (Å²) in [5.41, 5.74) is 2.56. The number of rotatable bonds is 7. The van der Waals surface area contributed by atoms with Crippen LogP contribution in [0.4, 0.5) is 4.39 Å². The first-order valence-corrected chi connectivity index (χ1v) is 9.34. The molecule has 0 bridgehead atoms. The van der Waals surface area contributed by atoms with Gasteiger partial charge in [0.15, 0.2) is 5.16 Å². The first kappa shape index (κ1) is 18.3. The highest BCUT2D eigenvalue weighted by Crippen LogP contribution is 2.23. The van der Waals surface area contributed by atoms with Gasteiger partial charge in [-0.15, -0.1) is 0 Å². The lowest BCUT2D eigenvalue weighted by Crippen LogP contribution is -2.28. The molecule has 0 aliphatic carbocycles. The van der Waals surface area contributed by atoms with Crippen molar-refractivity contribution in [2.45, 2.75) is 25.0 Å². The second-order valence-corrected chi connectivity index (χ2v) is 6.75. The molecule has 26 heavy (non-hydrogen) atoms. The molecule has 1 aromatic heterocycles. The molecule has 0 saturated carbocycles. The number of carbonyl (C=O) groups excluding carboxylic acids is 1. The van der Waals surface area contributed by atoms with Crippen LogP contribution in [0.25, 0.3) is 11.0 Å². The van der Waals surface area contributed by atoms with Crippen LogP contribution in [0.1, 0.15) is 25.5 Å². The Bertz CT molecular complexity index is 895. The Morgan fingerprint density at radius 1 is 1.31 bits per heavy atom. The van der Waals surface area contributed by atoms with Crippen LogP contribution in [0.3, 0.4) is 0 Å². The molecule has 1 heterocycles. The average molecular weight is 373 g/mol. The van der Waals surface area contributed by atoms with Gasteiger partial charge in [-0.3, -0.25) is 4.79 Å². The Kier molecular flexibility index (Phi) is 5.78. The molecule has 2 aromatic carbocycles. The minimum atomic E-state index is -0.291. The Hall–Kier alpha value is -2.54. The molecule has 3 rings (SSSR count). The van der Waals surface area contributed by atoms with Crippen molar-refractivity contribution in [3.63, 3.8) is 0 Å². The summed E-state index contributed by atoms with van der Waals surface area (Å²) < 4.78 is 18.4. The summed E-state index contributed by atoms with van der Waals surface area (Å²) in [5, 5.41) is 3.58. The average Bonchev–Trinajstić information content (AvgIpc) is 3.03. The maximum atomic E-state index is 13.0. The molecule has 0 fully saturated rings. The van der Waals surface area contributed by atoms with Crippen molar-refractivity contribution < 1.29 is 13.9 Å². The van der Waals surface area contributed by atoms with Crippen molar-refractivity contribution in [2.75, 3.05) is 12.4 Å². The summed E-state index contributed by atoms with van der Waals surface area (Å²) >= 11 is 1.33. The zero-order chi connectivity index (χ0) is 18.5. The molecular formula is C19H20FN3O2S. The summed E-state index contributed by atoms with van der Waals surface area (Å²) in [4.78, 5) is 19.8. The molecule has 136 valence electrons. The van der Waals surface area contributed by atoms with Crippen LogP contribution in [0, 0.1) is 5.82 Å². The highest BCUT2D eigenvalue weighted by molar-refractivity contribution is 7.99. The lowest BCUT2D eigenvalue weighted by molar-refractivity contribution is -0.119. The molecule has 1 atom stereocenters. The predicted molar refractivity (Wildman–Crippen MR) is 101 cm³/mol. The van der Waals surface area contributed by atoms with E-state index in [2.05, 4.69) is 15.3 Å². The summed E-state index contributed by atoms with van der Waals surface area (Å²) in [5.74, 6) is 0.623. The van der Waals surface area contributed by atoms with Gasteiger partial charge in [-0.25, -0.2) is 9.37 Å². The molecule has 0 saturated heterocycles. The zero-order valence-corrected chi connectivity index (χ0v) is 15.4. The fraction of sp³-hybridized carbons (Fsp3) is 0.263. The van der Waals surface area contributed by atoms with E-state index in [0.29, 0.717) is 11.8 Å². The monoisotopic (exact) mass is 373 g/mol. The second kappa shape index (κ2) is 8.23. The molecular weight excluding hydrogens is 353 g/mol. The minimum absolute atomic E-state index is 0.109. The number of halogens is 1. The van der Waals surface area contributed by atoms with Gasteiger partial charge in [0.25, 0.3) is 0 Å². The van der Waals surface area contributed by atoms with E-state index in [-0.39, 0.29) is 23.5 Å². The standard InChI is InChI=1S/C19H20FN3O2S/c1-3-25-15-8-9-16-17(10-15)23-19(22-16)26-11-18(24)21-12(2)13-4-6-14(20)7-5-13/h4-10,12H,3,11H2,1-2H3,(H,21,24)(H,22,23)/t12-/m1/s1. The maximum absolute atomic E-state index is 13.0. The zero-order valence-electron chi connectivity index (χ0n) is 14.6. The van der Waals surface area contributed by atoms with Gasteiger partial charge in [-0.2, -0.15) is 0 Å². The van der Waals surface area contributed by atoms with Crippen LogP contribution in [0.15, 0.2) is 47.6 Å². The van der Waals surface area contributed by atoms with Crippen molar-refractivity contribution >= 4 is 28.7 Å². The second-order valence-electron chi connectivity index (χ2n) is 5.78. The fourth-order valence-electron chi connectivity index (χ4n) is 2.54. The van der Waals surface area contributed by atoms with Gasteiger partial charge in [0.05, 0.1) is 29.4 Å². The van der Waals surface area contributed by atoms with Crippen molar-refractivity contribution in [1.82, 2.24) is 15.3 Å². The molecule has 3 aromatic rings. The number of imidazole rings is 1. The van der Waals surface area contributed by atoms with Gasteiger partial charge in [0.2, 0.25) is 5.91 Å². The number of ether oxygens (including phenoxy) is 1. The lowest BCUT2D eigenvalue weighted by atomic mass is 10.1. The van der Waals surface area contributed by atoms with Crippen molar-refractivity contribution in [2.24, 2.45) is 0 Å².